The summed E-state index contributed by atoms with van der Waals surface area (Å²) in [5, 5.41) is 0. The van der Waals surface area contributed by atoms with Crippen LogP contribution < -0.4 is 0 Å². The van der Waals surface area contributed by atoms with Crippen molar-refractivity contribution in [1.82, 2.24) is 4.90 Å². The van der Waals surface area contributed by atoms with Crippen LogP contribution in [0.4, 0.5) is 0 Å². The summed E-state index contributed by atoms with van der Waals surface area (Å²) in [5.41, 5.74) is 5.36. The Morgan fingerprint density at radius 2 is 1.65 bits per heavy atom. The molecule has 0 aromatic rings. The molecule has 0 saturated carbocycles. The highest BCUT2D eigenvalue weighted by Gasteiger charge is 2.22. The van der Waals surface area contributed by atoms with E-state index in [1.165, 1.54) is 22.5 Å². The Labute approximate surface area is 102 Å². The van der Waals surface area contributed by atoms with Crippen LogP contribution in [0.5, 0.6) is 0 Å². The minimum Gasteiger partial charge on any atom is -0.347 e. The van der Waals surface area contributed by atoms with Crippen molar-refractivity contribution in [3.05, 3.63) is 83.3 Å². The molecule has 1 nitrogen and oxygen atoms in total. The molecule has 0 spiro atoms. The van der Waals surface area contributed by atoms with Crippen LogP contribution in [0, 0.1) is 0 Å². The average molecular weight is 221 g/mol. The van der Waals surface area contributed by atoms with Gasteiger partial charge in [0.15, 0.2) is 0 Å². The maximum Gasteiger partial charge on any atom is 0.0482 e. The lowest BCUT2D eigenvalue weighted by molar-refractivity contribution is 0.503. The first-order valence-electron chi connectivity index (χ1n) is 5.92. The van der Waals surface area contributed by atoms with Gasteiger partial charge < -0.3 is 4.90 Å². The molecular weight excluding hydrogens is 206 g/mol. The molecule has 0 atom stereocenters. The topological polar surface area (TPSA) is 3.24 Å². The fourth-order valence-corrected chi connectivity index (χ4v) is 2.39. The minimum atomic E-state index is 1.02. The second-order valence-electron chi connectivity index (χ2n) is 4.37. The summed E-state index contributed by atoms with van der Waals surface area (Å²) in [6.07, 6.45) is 22.4. The molecule has 1 aliphatic heterocycles. The summed E-state index contributed by atoms with van der Waals surface area (Å²) in [5.74, 6) is 0. The minimum absolute atomic E-state index is 1.02. The van der Waals surface area contributed by atoms with Crippen molar-refractivity contribution in [2.75, 3.05) is 7.05 Å². The molecular formula is C16H15N. The summed E-state index contributed by atoms with van der Waals surface area (Å²) >= 11 is 0. The summed E-state index contributed by atoms with van der Waals surface area (Å²) in [4.78, 5) is 2.28. The Balaban J connectivity index is 2.20. The number of allylic oxidation sites excluding steroid dienone is 12. The first-order valence-corrected chi connectivity index (χ1v) is 5.92. The van der Waals surface area contributed by atoms with E-state index in [-0.39, 0.29) is 0 Å². The van der Waals surface area contributed by atoms with E-state index in [2.05, 4.69) is 72.7 Å². The van der Waals surface area contributed by atoms with Crippen molar-refractivity contribution >= 4 is 0 Å². The zero-order chi connectivity index (χ0) is 11.7. The number of nitrogens with zero attached hydrogens (tertiary/aromatic N) is 1. The molecule has 0 unspecified atom stereocenters. The van der Waals surface area contributed by atoms with E-state index < -0.39 is 0 Å². The van der Waals surface area contributed by atoms with E-state index >= 15 is 0 Å². The third-order valence-electron chi connectivity index (χ3n) is 3.33. The van der Waals surface area contributed by atoms with E-state index in [1.54, 1.807) is 0 Å². The first kappa shape index (κ1) is 10.2. The predicted molar refractivity (Wildman–Crippen MR) is 72.1 cm³/mol. The van der Waals surface area contributed by atoms with Gasteiger partial charge in [-0.05, 0) is 17.7 Å². The van der Waals surface area contributed by atoms with Crippen LogP contribution in [0.25, 0.3) is 0 Å². The molecule has 3 rings (SSSR count). The molecule has 2 aliphatic carbocycles. The van der Waals surface area contributed by atoms with Gasteiger partial charge in [-0.2, -0.15) is 0 Å². The highest BCUT2D eigenvalue weighted by atomic mass is 15.1. The molecule has 0 aromatic heterocycles. The Kier molecular flexibility index (Phi) is 2.45. The predicted octanol–water partition coefficient (Wildman–Crippen LogP) is 3.64. The molecule has 0 N–H and O–H groups in total. The summed E-state index contributed by atoms with van der Waals surface area (Å²) < 4.78 is 0. The van der Waals surface area contributed by atoms with Gasteiger partial charge >= 0.3 is 0 Å². The van der Waals surface area contributed by atoms with Crippen LogP contribution in [0.1, 0.15) is 6.42 Å². The molecule has 84 valence electrons. The SMILES string of the molecule is CN1C2=CC=CC=C(C2)C2=C1C=CC=CC=C2. The van der Waals surface area contributed by atoms with Gasteiger partial charge in [0.2, 0.25) is 0 Å². The van der Waals surface area contributed by atoms with Crippen LogP contribution in [-0.2, 0) is 0 Å². The highest BCUT2D eigenvalue weighted by molar-refractivity contribution is 5.56. The Bertz CT molecular complexity index is 548. The van der Waals surface area contributed by atoms with E-state index in [0.717, 1.165) is 6.42 Å². The van der Waals surface area contributed by atoms with Gasteiger partial charge in [-0.3, -0.25) is 0 Å². The number of hydrogen-bond acceptors (Lipinski definition) is 1. The molecule has 1 heteroatoms. The van der Waals surface area contributed by atoms with Crippen LogP contribution in [0.15, 0.2) is 83.3 Å². The van der Waals surface area contributed by atoms with Crippen molar-refractivity contribution in [3.63, 3.8) is 0 Å². The Hall–Kier alpha value is -2.02. The monoisotopic (exact) mass is 221 g/mol. The highest BCUT2D eigenvalue weighted by Crippen LogP contribution is 2.35. The first-order chi connectivity index (χ1) is 8.36. The summed E-state index contributed by atoms with van der Waals surface area (Å²) in [6, 6.07) is 0. The van der Waals surface area contributed by atoms with Crippen LogP contribution in [0.2, 0.25) is 0 Å². The van der Waals surface area contributed by atoms with E-state index in [0.29, 0.717) is 0 Å². The number of likely N-dealkylation sites (N-methyl/N-ethyl adjacent to an activating group) is 1. The second kappa shape index (κ2) is 4.10. The molecule has 1 heterocycles. The third-order valence-corrected chi connectivity index (χ3v) is 3.33. The van der Waals surface area contributed by atoms with Crippen molar-refractivity contribution in [3.8, 4) is 0 Å². The van der Waals surface area contributed by atoms with Gasteiger partial charge in [-0.15, -0.1) is 0 Å². The smallest absolute Gasteiger partial charge is 0.0482 e. The van der Waals surface area contributed by atoms with Crippen molar-refractivity contribution < 1.29 is 0 Å². The van der Waals surface area contributed by atoms with Gasteiger partial charge in [0.05, 0.1) is 0 Å². The lowest BCUT2D eigenvalue weighted by Gasteiger charge is -2.32. The Morgan fingerprint density at radius 3 is 2.53 bits per heavy atom. The van der Waals surface area contributed by atoms with Crippen molar-refractivity contribution in [2.45, 2.75) is 6.42 Å². The zero-order valence-corrected chi connectivity index (χ0v) is 9.93. The van der Waals surface area contributed by atoms with E-state index in [1.807, 2.05) is 0 Å². The van der Waals surface area contributed by atoms with Gasteiger partial charge in [0, 0.05) is 30.4 Å². The van der Waals surface area contributed by atoms with Crippen LogP contribution >= 0.6 is 0 Å². The van der Waals surface area contributed by atoms with Gasteiger partial charge in [-0.25, -0.2) is 0 Å². The summed E-state index contributed by atoms with van der Waals surface area (Å²) in [7, 11) is 2.14. The second-order valence-corrected chi connectivity index (χ2v) is 4.37. The van der Waals surface area contributed by atoms with Crippen molar-refractivity contribution in [1.29, 1.82) is 0 Å². The standard InChI is InChI=1S/C16H15N/c1-17-14-9-7-6-8-13(12-14)15-10-4-2-3-5-11-16(15)17/h2-11H,12H2,1H3. The van der Waals surface area contributed by atoms with Crippen molar-refractivity contribution in [2.24, 2.45) is 0 Å². The number of fused-ring (bicyclic) bond motifs is 3. The van der Waals surface area contributed by atoms with Gasteiger partial charge in [0.25, 0.3) is 0 Å². The fraction of sp³-hybridized carbons (Fsp3) is 0.125. The molecule has 17 heavy (non-hydrogen) atoms. The molecule has 0 saturated heterocycles. The van der Waals surface area contributed by atoms with Crippen LogP contribution in [0.3, 0.4) is 0 Å². The molecule has 0 radical (unpaired) electrons. The molecule has 2 bridgehead atoms. The lowest BCUT2D eigenvalue weighted by Crippen LogP contribution is -2.23. The quantitative estimate of drug-likeness (QED) is 0.603. The zero-order valence-electron chi connectivity index (χ0n) is 9.93. The average Bonchev–Trinajstić information content (AvgIpc) is 2.50. The fourth-order valence-electron chi connectivity index (χ4n) is 2.39. The normalized spacial score (nSPS) is 21.6. The largest absolute Gasteiger partial charge is 0.347 e. The lowest BCUT2D eigenvalue weighted by atomic mass is 9.92. The third kappa shape index (κ3) is 1.74. The van der Waals surface area contributed by atoms with Gasteiger partial charge in [-0.1, -0.05) is 48.6 Å². The molecule has 0 amide bonds. The van der Waals surface area contributed by atoms with E-state index in [4.69, 9.17) is 0 Å². The summed E-state index contributed by atoms with van der Waals surface area (Å²) in [6.45, 7) is 0. The number of hydrogen-bond donors (Lipinski definition) is 0. The number of rotatable bonds is 0. The maximum atomic E-state index is 2.28. The molecule has 3 aliphatic rings. The molecule has 0 fully saturated rings. The molecule has 0 aromatic carbocycles. The van der Waals surface area contributed by atoms with Crippen LogP contribution in [-0.4, -0.2) is 11.9 Å². The maximum absolute atomic E-state index is 2.28. The Morgan fingerprint density at radius 1 is 0.882 bits per heavy atom. The van der Waals surface area contributed by atoms with E-state index in [9.17, 15) is 0 Å². The van der Waals surface area contributed by atoms with Gasteiger partial charge in [0.1, 0.15) is 0 Å².